The maximum absolute atomic E-state index is 6.19. The molecule has 1 unspecified atom stereocenters. The Morgan fingerprint density at radius 3 is 2.87 bits per heavy atom. The largest absolute Gasteiger partial charge is 0.304 e. The number of tetrazole rings is 1. The van der Waals surface area contributed by atoms with E-state index in [0.29, 0.717) is 28.1 Å². The first-order chi connectivity index (χ1) is 11.1. The van der Waals surface area contributed by atoms with Gasteiger partial charge in [0, 0.05) is 31.4 Å². The van der Waals surface area contributed by atoms with Crippen LogP contribution >= 0.6 is 23.2 Å². The summed E-state index contributed by atoms with van der Waals surface area (Å²) in [6, 6.07) is 1.70. The zero-order valence-electron chi connectivity index (χ0n) is 12.9. The maximum Gasteiger partial charge on any atom is 0.178 e. The number of hydrogen-bond acceptors (Lipinski definition) is 5. The Labute approximate surface area is 143 Å². The summed E-state index contributed by atoms with van der Waals surface area (Å²) in [5.74, 6) is 0.900. The van der Waals surface area contributed by atoms with Crippen LogP contribution in [-0.2, 0) is 6.54 Å². The molecule has 0 saturated heterocycles. The Morgan fingerprint density at radius 1 is 1.35 bits per heavy atom. The molecular weight excluding hydrogens is 337 g/mol. The van der Waals surface area contributed by atoms with Gasteiger partial charge in [0.25, 0.3) is 0 Å². The molecule has 0 radical (unpaired) electrons. The second-order valence-electron chi connectivity index (χ2n) is 5.47. The molecule has 0 fully saturated rings. The molecule has 0 amide bonds. The lowest BCUT2D eigenvalue weighted by molar-refractivity contribution is 0.260. The molecule has 3 aromatic heterocycles. The van der Waals surface area contributed by atoms with Crippen LogP contribution in [0.2, 0.25) is 10.0 Å². The van der Waals surface area contributed by atoms with Gasteiger partial charge in [-0.2, -0.15) is 5.21 Å². The number of halogens is 2. The van der Waals surface area contributed by atoms with E-state index in [4.69, 9.17) is 23.2 Å². The molecule has 0 bridgehead atoms. The molecule has 0 aliphatic rings. The van der Waals surface area contributed by atoms with Gasteiger partial charge in [-0.25, -0.2) is 4.98 Å². The Bertz CT molecular complexity index is 784. The van der Waals surface area contributed by atoms with E-state index in [1.54, 1.807) is 12.3 Å². The van der Waals surface area contributed by atoms with Crippen molar-refractivity contribution in [3.63, 3.8) is 0 Å². The van der Waals surface area contributed by atoms with Crippen LogP contribution in [0.1, 0.15) is 31.3 Å². The summed E-state index contributed by atoms with van der Waals surface area (Å²) in [6.07, 6.45) is 3.76. The van der Waals surface area contributed by atoms with Crippen LogP contribution in [0.4, 0.5) is 0 Å². The lowest BCUT2D eigenvalue weighted by atomic mass is 10.1. The number of aromatic amines is 1. The number of nitrogens with one attached hydrogen (secondary N) is 1. The summed E-state index contributed by atoms with van der Waals surface area (Å²) in [5.41, 5.74) is 1.66. The minimum atomic E-state index is 0.184. The van der Waals surface area contributed by atoms with Gasteiger partial charge in [-0.3, -0.25) is 4.90 Å². The van der Waals surface area contributed by atoms with Gasteiger partial charge in [0.1, 0.15) is 0 Å². The van der Waals surface area contributed by atoms with Crippen LogP contribution in [0, 0.1) is 0 Å². The summed E-state index contributed by atoms with van der Waals surface area (Å²) in [4.78, 5) is 6.87. The van der Waals surface area contributed by atoms with Crippen LogP contribution in [0.25, 0.3) is 5.65 Å². The van der Waals surface area contributed by atoms with Gasteiger partial charge < -0.3 is 4.40 Å². The van der Waals surface area contributed by atoms with Crippen molar-refractivity contribution in [2.45, 2.75) is 26.3 Å². The highest BCUT2D eigenvalue weighted by Crippen LogP contribution is 2.22. The number of H-pyrrole nitrogens is 1. The fourth-order valence-electron chi connectivity index (χ4n) is 2.53. The average Bonchev–Trinajstić information content (AvgIpc) is 3.15. The molecule has 0 aliphatic carbocycles. The minimum absolute atomic E-state index is 0.184. The Balaban J connectivity index is 1.75. The van der Waals surface area contributed by atoms with Crippen LogP contribution < -0.4 is 0 Å². The van der Waals surface area contributed by atoms with Gasteiger partial charge in [-0.1, -0.05) is 42.3 Å². The third-order valence-corrected chi connectivity index (χ3v) is 4.18. The van der Waals surface area contributed by atoms with E-state index in [1.807, 2.05) is 10.6 Å². The lowest BCUT2D eigenvalue weighted by Gasteiger charge is -2.21. The highest BCUT2D eigenvalue weighted by atomic mass is 35.5. The monoisotopic (exact) mass is 353 g/mol. The fourth-order valence-corrected chi connectivity index (χ4v) is 3.06. The zero-order chi connectivity index (χ0) is 16.4. The number of nitrogens with zero attached hydrogens (tertiary/aromatic N) is 6. The number of fused-ring (bicyclic) bond motifs is 1. The van der Waals surface area contributed by atoms with Crippen molar-refractivity contribution in [2.24, 2.45) is 0 Å². The SMILES string of the molecule is CCN(Cc1cn2cc(Cl)cc(Cl)c2n1)CC(C)c1nn[nH]n1. The lowest BCUT2D eigenvalue weighted by Crippen LogP contribution is -2.27. The van der Waals surface area contributed by atoms with Gasteiger partial charge >= 0.3 is 0 Å². The quantitative estimate of drug-likeness (QED) is 0.737. The predicted octanol–water partition coefficient (Wildman–Crippen LogP) is 2.78. The van der Waals surface area contributed by atoms with Crippen LogP contribution in [-0.4, -0.2) is 48.0 Å². The predicted molar refractivity (Wildman–Crippen MR) is 88.8 cm³/mol. The Hall–Kier alpha value is -1.70. The van der Waals surface area contributed by atoms with Crippen molar-refractivity contribution >= 4 is 28.8 Å². The molecule has 1 N–H and O–H groups in total. The topological polar surface area (TPSA) is 75.0 Å². The highest BCUT2D eigenvalue weighted by molar-refractivity contribution is 6.36. The molecule has 3 aromatic rings. The van der Waals surface area contributed by atoms with E-state index in [9.17, 15) is 0 Å². The molecule has 3 rings (SSSR count). The van der Waals surface area contributed by atoms with Gasteiger partial charge in [0.2, 0.25) is 0 Å². The summed E-state index contributed by atoms with van der Waals surface area (Å²) in [6.45, 7) is 6.62. The summed E-state index contributed by atoms with van der Waals surface area (Å²) >= 11 is 12.2. The maximum atomic E-state index is 6.19. The molecule has 23 heavy (non-hydrogen) atoms. The van der Waals surface area contributed by atoms with E-state index in [2.05, 4.69) is 44.4 Å². The number of pyridine rings is 1. The molecule has 122 valence electrons. The fraction of sp³-hybridized carbons (Fsp3) is 0.429. The average molecular weight is 354 g/mol. The molecular formula is C14H17Cl2N7. The van der Waals surface area contributed by atoms with Gasteiger partial charge in [-0.15, -0.1) is 10.2 Å². The first kappa shape index (κ1) is 16.2. The molecule has 7 nitrogen and oxygen atoms in total. The second-order valence-corrected chi connectivity index (χ2v) is 6.31. The second kappa shape index (κ2) is 6.82. The molecule has 9 heteroatoms. The van der Waals surface area contributed by atoms with Crippen LogP contribution in [0.3, 0.4) is 0 Å². The number of rotatable bonds is 6. The third-order valence-electron chi connectivity index (χ3n) is 3.69. The summed E-state index contributed by atoms with van der Waals surface area (Å²) in [5, 5.41) is 15.3. The molecule has 0 aromatic carbocycles. The zero-order valence-corrected chi connectivity index (χ0v) is 14.4. The van der Waals surface area contributed by atoms with E-state index in [0.717, 1.165) is 18.8 Å². The first-order valence-corrected chi connectivity index (χ1v) is 8.10. The third kappa shape index (κ3) is 3.63. The van der Waals surface area contributed by atoms with Crippen LogP contribution in [0.15, 0.2) is 18.5 Å². The van der Waals surface area contributed by atoms with E-state index in [1.165, 1.54) is 0 Å². The van der Waals surface area contributed by atoms with Gasteiger partial charge in [-0.05, 0) is 12.6 Å². The van der Waals surface area contributed by atoms with Crippen molar-refractivity contribution in [3.05, 3.63) is 40.0 Å². The Kier molecular flexibility index (Phi) is 4.79. The first-order valence-electron chi connectivity index (χ1n) is 7.35. The number of aromatic nitrogens is 6. The molecule has 1 atom stereocenters. The van der Waals surface area contributed by atoms with Crippen LogP contribution in [0.5, 0.6) is 0 Å². The van der Waals surface area contributed by atoms with Crippen molar-refractivity contribution in [1.29, 1.82) is 0 Å². The van der Waals surface area contributed by atoms with Crippen molar-refractivity contribution < 1.29 is 0 Å². The van der Waals surface area contributed by atoms with Gasteiger partial charge in [0.15, 0.2) is 11.5 Å². The minimum Gasteiger partial charge on any atom is -0.304 e. The van der Waals surface area contributed by atoms with Crippen molar-refractivity contribution in [2.75, 3.05) is 13.1 Å². The smallest absolute Gasteiger partial charge is 0.178 e. The van der Waals surface area contributed by atoms with E-state index >= 15 is 0 Å². The number of hydrogen-bond donors (Lipinski definition) is 1. The van der Waals surface area contributed by atoms with Crippen molar-refractivity contribution in [1.82, 2.24) is 34.9 Å². The number of imidazole rings is 1. The summed E-state index contributed by atoms with van der Waals surface area (Å²) < 4.78 is 1.86. The molecule has 0 spiro atoms. The molecule has 3 heterocycles. The van der Waals surface area contributed by atoms with Crippen molar-refractivity contribution in [3.8, 4) is 0 Å². The standard InChI is InChI=1S/C14H17Cl2N7/c1-3-22(5-9(2)13-18-20-21-19-13)7-11-8-23-6-10(15)4-12(16)14(23)17-11/h4,6,8-9H,3,5,7H2,1-2H3,(H,18,19,20,21). The van der Waals surface area contributed by atoms with E-state index in [-0.39, 0.29) is 5.92 Å². The Morgan fingerprint density at radius 2 is 2.17 bits per heavy atom. The summed E-state index contributed by atoms with van der Waals surface area (Å²) in [7, 11) is 0. The molecule has 0 saturated carbocycles. The normalized spacial score (nSPS) is 13.1. The van der Waals surface area contributed by atoms with E-state index < -0.39 is 0 Å². The number of likely N-dealkylation sites (N-methyl/N-ethyl adjacent to an activating group) is 1. The van der Waals surface area contributed by atoms with Gasteiger partial charge in [0.05, 0.1) is 15.7 Å². The highest BCUT2D eigenvalue weighted by Gasteiger charge is 2.16. The molecule has 0 aliphatic heterocycles.